The maximum Gasteiger partial charge on any atom is 0.358 e. The van der Waals surface area contributed by atoms with Crippen LogP contribution >= 0.6 is 11.6 Å². The fourth-order valence-corrected chi connectivity index (χ4v) is 3.12. The second-order valence-electron chi connectivity index (χ2n) is 7.07. The van der Waals surface area contributed by atoms with Crippen LogP contribution < -0.4 is 10.6 Å². The number of pyridine rings is 1. The van der Waals surface area contributed by atoms with E-state index in [1.807, 2.05) is 19.1 Å². The van der Waals surface area contributed by atoms with Crippen molar-refractivity contribution in [2.24, 2.45) is 5.92 Å². The SMILES string of the molecule is COC(=O)C(=N)c1nc(Cl)nc(Nc2cc(C)ccn2)c1NCCOCC1CCC1. The summed E-state index contributed by atoms with van der Waals surface area (Å²) < 4.78 is 10.4. The van der Waals surface area contributed by atoms with Crippen molar-refractivity contribution in [1.82, 2.24) is 15.0 Å². The number of esters is 1. The molecule has 3 N–H and O–H groups in total. The number of aryl methyl sites for hydroxylation is 1. The predicted molar refractivity (Wildman–Crippen MR) is 115 cm³/mol. The topological polar surface area (TPSA) is 122 Å². The van der Waals surface area contributed by atoms with Crippen molar-refractivity contribution in [3.63, 3.8) is 0 Å². The van der Waals surface area contributed by atoms with Gasteiger partial charge in [0.1, 0.15) is 17.2 Å². The Morgan fingerprint density at radius 1 is 1.37 bits per heavy atom. The Balaban J connectivity index is 1.81. The molecule has 2 heterocycles. The summed E-state index contributed by atoms with van der Waals surface area (Å²) >= 11 is 6.07. The van der Waals surface area contributed by atoms with Crippen molar-refractivity contribution in [2.75, 3.05) is 37.5 Å². The minimum absolute atomic E-state index is 0.0380. The lowest BCUT2D eigenvalue weighted by molar-refractivity contribution is -0.132. The second-order valence-corrected chi connectivity index (χ2v) is 7.41. The van der Waals surface area contributed by atoms with Gasteiger partial charge < -0.3 is 20.1 Å². The number of aromatic nitrogens is 3. The highest BCUT2D eigenvalue weighted by atomic mass is 35.5. The summed E-state index contributed by atoms with van der Waals surface area (Å²) in [5.74, 6) is 0.672. The lowest BCUT2D eigenvalue weighted by Crippen LogP contribution is -2.23. The van der Waals surface area contributed by atoms with Crippen LogP contribution in [0.1, 0.15) is 30.5 Å². The van der Waals surface area contributed by atoms with Gasteiger partial charge in [-0.25, -0.2) is 14.8 Å². The zero-order valence-corrected chi connectivity index (χ0v) is 17.8. The van der Waals surface area contributed by atoms with E-state index in [2.05, 4.69) is 30.3 Å². The van der Waals surface area contributed by atoms with Gasteiger partial charge in [0.15, 0.2) is 11.5 Å². The molecule has 0 amide bonds. The van der Waals surface area contributed by atoms with Gasteiger partial charge in [-0.1, -0.05) is 6.42 Å². The Hall–Kier alpha value is -2.78. The van der Waals surface area contributed by atoms with Crippen molar-refractivity contribution >= 4 is 40.6 Å². The number of carbonyl (C=O) groups excluding carboxylic acids is 1. The summed E-state index contributed by atoms with van der Waals surface area (Å²) in [6.07, 6.45) is 5.38. The Morgan fingerprint density at radius 3 is 2.83 bits per heavy atom. The number of halogens is 1. The van der Waals surface area contributed by atoms with E-state index in [1.165, 1.54) is 26.4 Å². The Labute approximate surface area is 180 Å². The minimum Gasteiger partial charge on any atom is -0.464 e. The third-order valence-electron chi connectivity index (χ3n) is 4.80. The van der Waals surface area contributed by atoms with Gasteiger partial charge in [0, 0.05) is 19.3 Å². The van der Waals surface area contributed by atoms with Crippen LogP contribution in [0.25, 0.3) is 0 Å². The van der Waals surface area contributed by atoms with Gasteiger partial charge in [0.05, 0.1) is 13.7 Å². The van der Waals surface area contributed by atoms with Crippen molar-refractivity contribution in [3.8, 4) is 0 Å². The number of methoxy groups -OCH3 is 1. The van der Waals surface area contributed by atoms with E-state index < -0.39 is 11.7 Å². The third kappa shape index (κ3) is 5.64. The van der Waals surface area contributed by atoms with Crippen LogP contribution in [0.4, 0.5) is 17.3 Å². The van der Waals surface area contributed by atoms with E-state index in [0.717, 1.165) is 12.2 Å². The van der Waals surface area contributed by atoms with Crippen LogP contribution in [-0.4, -0.2) is 53.5 Å². The molecule has 1 aliphatic carbocycles. The lowest BCUT2D eigenvalue weighted by Gasteiger charge is -2.25. The van der Waals surface area contributed by atoms with Gasteiger partial charge >= 0.3 is 5.97 Å². The first-order valence-electron chi connectivity index (χ1n) is 9.74. The molecule has 0 spiro atoms. The first kappa shape index (κ1) is 21.9. The summed E-state index contributed by atoms with van der Waals surface area (Å²) in [5.41, 5.74) is 0.968. The van der Waals surface area contributed by atoms with E-state index in [-0.39, 0.29) is 11.0 Å². The summed E-state index contributed by atoms with van der Waals surface area (Å²) in [6.45, 7) is 3.58. The average molecular weight is 433 g/mol. The molecular formula is C20H25ClN6O3. The van der Waals surface area contributed by atoms with Crippen LogP contribution in [0, 0.1) is 18.3 Å². The first-order chi connectivity index (χ1) is 14.5. The van der Waals surface area contributed by atoms with E-state index in [9.17, 15) is 4.79 Å². The molecule has 0 aromatic carbocycles. The Bertz CT molecular complexity index is 919. The number of nitrogens with one attached hydrogen (secondary N) is 3. The van der Waals surface area contributed by atoms with E-state index in [4.69, 9.17) is 21.7 Å². The number of ether oxygens (including phenoxy) is 2. The molecule has 1 saturated carbocycles. The van der Waals surface area contributed by atoms with Crippen LogP contribution in [-0.2, 0) is 14.3 Å². The van der Waals surface area contributed by atoms with E-state index in [0.29, 0.717) is 36.4 Å². The third-order valence-corrected chi connectivity index (χ3v) is 4.97. The quantitative estimate of drug-likeness (QED) is 0.226. The fraction of sp³-hybridized carbons (Fsp3) is 0.450. The zero-order chi connectivity index (χ0) is 21.5. The smallest absolute Gasteiger partial charge is 0.358 e. The number of hydrogen-bond donors (Lipinski definition) is 3. The first-order valence-corrected chi connectivity index (χ1v) is 10.1. The van der Waals surface area contributed by atoms with Gasteiger partial charge in [0.2, 0.25) is 5.28 Å². The Kier molecular flexibility index (Phi) is 7.53. The van der Waals surface area contributed by atoms with Gasteiger partial charge in [0.25, 0.3) is 0 Å². The zero-order valence-electron chi connectivity index (χ0n) is 17.0. The largest absolute Gasteiger partial charge is 0.464 e. The summed E-state index contributed by atoms with van der Waals surface area (Å²) in [4.78, 5) is 24.5. The highest BCUT2D eigenvalue weighted by Crippen LogP contribution is 2.28. The van der Waals surface area contributed by atoms with Crippen LogP contribution in [0.3, 0.4) is 0 Å². The number of rotatable bonds is 10. The van der Waals surface area contributed by atoms with Gasteiger partial charge in [-0.15, -0.1) is 0 Å². The van der Waals surface area contributed by atoms with E-state index >= 15 is 0 Å². The molecule has 0 atom stereocenters. The maximum absolute atomic E-state index is 11.9. The second kappa shape index (κ2) is 10.3. The molecular weight excluding hydrogens is 408 g/mol. The molecule has 1 aliphatic rings. The summed E-state index contributed by atoms with van der Waals surface area (Å²) in [6, 6.07) is 3.71. The molecule has 10 heteroatoms. The lowest BCUT2D eigenvalue weighted by atomic mass is 9.86. The molecule has 9 nitrogen and oxygen atoms in total. The van der Waals surface area contributed by atoms with Crippen LogP contribution in [0.2, 0.25) is 5.28 Å². The van der Waals surface area contributed by atoms with Gasteiger partial charge in [-0.05, 0) is 55.0 Å². The highest BCUT2D eigenvalue weighted by molar-refractivity contribution is 6.43. The monoisotopic (exact) mass is 432 g/mol. The highest BCUT2D eigenvalue weighted by Gasteiger charge is 2.23. The molecule has 0 saturated heterocycles. The van der Waals surface area contributed by atoms with Crippen molar-refractivity contribution in [1.29, 1.82) is 5.41 Å². The van der Waals surface area contributed by atoms with Gasteiger partial charge in [-0.3, -0.25) is 5.41 Å². The van der Waals surface area contributed by atoms with Crippen LogP contribution in [0.5, 0.6) is 0 Å². The molecule has 1 fully saturated rings. The number of anilines is 3. The molecule has 0 bridgehead atoms. The number of nitrogens with zero attached hydrogens (tertiary/aromatic N) is 3. The predicted octanol–water partition coefficient (Wildman–Crippen LogP) is 3.35. The molecule has 3 rings (SSSR count). The minimum atomic E-state index is -0.825. The van der Waals surface area contributed by atoms with Crippen molar-refractivity contribution in [2.45, 2.75) is 26.2 Å². The van der Waals surface area contributed by atoms with Gasteiger partial charge in [-0.2, -0.15) is 4.98 Å². The summed E-state index contributed by atoms with van der Waals surface area (Å²) in [5, 5.41) is 14.3. The normalized spacial score (nSPS) is 13.4. The molecule has 30 heavy (non-hydrogen) atoms. The maximum atomic E-state index is 11.9. The van der Waals surface area contributed by atoms with Crippen molar-refractivity contribution < 1.29 is 14.3 Å². The molecule has 2 aromatic rings. The molecule has 2 aromatic heterocycles. The molecule has 160 valence electrons. The van der Waals surface area contributed by atoms with E-state index in [1.54, 1.807) is 6.20 Å². The Morgan fingerprint density at radius 2 is 2.17 bits per heavy atom. The van der Waals surface area contributed by atoms with Crippen LogP contribution in [0.15, 0.2) is 18.3 Å². The molecule has 0 aliphatic heterocycles. The number of hydrogen-bond acceptors (Lipinski definition) is 9. The average Bonchev–Trinajstić information content (AvgIpc) is 2.69. The standard InChI is InChI=1S/C20H25ClN6O3/c1-12-6-7-23-14(10-12)25-18-17(24-8-9-30-11-13-4-3-5-13)16(26-20(21)27-18)15(22)19(28)29-2/h6-7,10,13,22,24H,3-5,8-9,11H2,1-2H3,(H,23,25,26,27). The number of carbonyl (C=O) groups is 1. The summed E-state index contributed by atoms with van der Waals surface area (Å²) in [7, 11) is 1.21. The molecule has 0 unspecified atom stereocenters. The fourth-order valence-electron chi connectivity index (χ4n) is 2.95. The molecule has 0 radical (unpaired) electrons. The van der Waals surface area contributed by atoms with Crippen molar-refractivity contribution in [3.05, 3.63) is 34.9 Å².